The van der Waals surface area contributed by atoms with E-state index in [9.17, 15) is 4.79 Å². The molecule has 0 spiro atoms. The van der Waals surface area contributed by atoms with Crippen molar-refractivity contribution in [3.8, 4) is 0 Å². The van der Waals surface area contributed by atoms with Crippen LogP contribution >= 0.6 is 0 Å². The predicted octanol–water partition coefficient (Wildman–Crippen LogP) is 5.12. The second-order valence-electron chi connectivity index (χ2n) is 9.05. The van der Waals surface area contributed by atoms with Gasteiger partial charge in [-0.1, -0.05) is 24.6 Å². The van der Waals surface area contributed by atoms with Crippen LogP contribution in [0.25, 0.3) is 0 Å². The molecule has 34 heavy (non-hydrogen) atoms. The van der Waals surface area contributed by atoms with Gasteiger partial charge in [0.15, 0.2) is 5.69 Å². The number of nitrogens with zero attached hydrogens (tertiary/aromatic N) is 2. The Morgan fingerprint density at radius 2 is 1.97 bits per heavy atom. The van der Waals surface area contributed by atoms with Crippen molar-refractivity contribution in [2.45, 2.75) is 44.7 Å². The summed E-state index contributed by atoms with van der Waals surface area (Å²) in [5.41, 5.74) is 1.52. The third kappa shape index (κ3) is 5.22. The van der Waals surface area contributed by atoms with Crippen LogP contribution in [0.2, 0.25) is 0 Å². The summed E-state index contributed by atoms with van der Waals surface area (Å²) in [6.45, 7) is 3.36. The first kappa shape index (κ1) is 24.1. The molecule has 0 radical (unpaired) electrons. The van der Waals surface area contributed by atoms with Crippen molar-refractivity contribution in [3.63, 3.8) is 0 Å². The van der Waals surface area contributed by atoms with Crippen molar-refractivity contribution >= 4 is 28.9 Å². The summed E-state index contributed by atoms with van der Waals surface area (Å²) in [4.78, 5) is 19.1. The standard InChI is InChI=1S/C26H33FN4O3/c1-3-34-17-26(27)12-14-31(15-13-26)21-16-20(25(32)33-2)30-24(29-19-10-5-4-6-11-19)22(21)23(28)18-8-7-9-18/h4-6,10-11,16,18,28H,3,7-9,12-15,17H2,1-2H3,(H,29,30). The Kier molecular flexibility index (Phi) is 7.46. The Balaban J connectivity index is 1.74. The molecule has 0 unspecified atom stereocenters. The van der Waals surface area contributed by atoms with Crippen molar-refractivity contribution < 1.29 is 18.7 Å². The highest BCUT2D eigenvalue weighted by atomic mass is 19.1. The van der Waals surface area contributed by atoms with Crippen molar-refractivity contribution in [1.82, 2.24) is 4.98 Å². The van der Waals surface area contributed by atoms with Crippen LogP contribution in [0, 0.1) is 11.3 Å². The van der Waals surface area contributed by atoms with E-state index < -0.39 is 11.6 Å². The summed E-state index contributed by atoms with van der Waals surface area (Å²) in [7, 11) is 1.32. The van der Waals surface area contributed by atoms with E-state index in [0.29, 0.717) is 49.6 Å². The molecule has 1 saturated carbocycles. The first-order chi connectivity index (χ1) is 16.4. The number of aromatic nitrogens is 1. The maximum absolute atomic E-state index is 15.2. The number of methoxy groups -OCH3 is 1. The summed E-state index contributed by atoms with van der Waals surface area (Å²) in [5, 5.41) is 12.3. The number of esters is 1. The molecular weight excluding hydrogens is 435 g/mol. The number of rotatable bonds is 9. The second-order valence-corrected chi connectivity index (χ2v) is 9.05. The molecule has 182 valence electrons. The zero-order chi connectivity index (χ0) is 24.1. The molecule has 2 fully saturated rings. The van der Waals surface area contributed by atoms with Gasteiger partial charge in [-0.15, -0.1) is 0 Å². The van der Waals surface area contributed by atoms with E-state index in [4.69, 9.17) is 14.9 Å². The number of benzene rings is 1. The van der Waals surface area contributed by atoms with E-state index in [1.807, 2.05) is 37.3 Å². The van der Waals surface area contributed by atoms with Crippen LogP contribution in [0.15, 0.2) is 36.4 Å². The molecule has 1 aliphatic carbocycles. The van der Waals surface area contributed by atoms with E-state index in [1.54, 1.807) is 6.07 Å². The van der Waals surface area contributed by atoms with Crippen molar-refractivity contribution in [3.05, 3.63) is 47.7 Å². The molecule has 2 aliphatic rings. The van der Waals surface area contributed by atoms with Gasteiger partial charge in [0, 0.05) is 49.9 Å². The van der Waals surface area contributed by atoms with Crippen LogP contribution in [0.4, 0.5) is 21.6 Å². The van der Waals surface area contributed by atoms with Crippen molar-refractivity contribution in [1.29, 1.82) is 5.41 Å². The van der Waals surface area contributed by atoms with Gasteiger partial charge in [-0.25, -0.2) is 14.2 Å². The van der Waals surface area contributed by atoms with Gasteiger partial charge in [0.2, 0.25) is 0 Å². The van der Waals surface area contributed by atoms with E-state index in [0.717, 1.165) is 30.6 Å². The second kappa shape index (κ2) is 10.5. The Hall–Kier alpha value is -3.00. The quantitative estimate of drug-likeness (QED) is 0.392. The number of piperidine rings is 1. The lowest BCUT2D eigenvalue weighted by molar-refractivity contribution is 0.00458. The fourth-order valence-electron chi connectivity index (χ4n) is 4.48. The Labute approximate surface area is 200 Å². The number of pyridine rings is 1. The number of ether oxygens (including phenoxy) is 2. The third-order valence-corrected chi connectivity index (χ3v) is 6.78. The van der Waals surface area contributed by atoms with Gasteiger partial charge in [-0.3, -0.25) is 0 Å². The van der Waals surface area contributed by atoms with Crippen LogP contribution in [-0.2, 0) is 9.47 Å². The topological polar surface area (TPSA) is 87.5 Å². The number of anilines is 3. The van der Waals surface area contributed by atoms with Gasteiger partial charge in [0.05, 0.1) is 25.0 Å². The molecule has 0 atom stereocenters. The molecule has 2 N–H and O–H groups in total. The molecule has 8 heteroatoms. The van der Waals surface area contributed by atoms with Gasteiger partial charge in [-0.2, -0.15) is 0 Å². The van der Waals surface area contributed by atoms with Gasteiger partial charge in [0.1, 0.15) is 11.5 Å². The molecule has 1 aromatic heterocycles. The molecule has 7 nitrogen and oxygen atoms in total. The average Bonchev–Trinajstić information content (AvgIpc) is 2.82. The number of hydrogen-bond donors (Lipinski definition) is 2. The molecule has 4 rings (SSSR count). The summed E-state index contributed by atoms with van der Waals surface area (Å²) in [5.74, 6) is 0.0588. The summed E-state index contributed by atoms with van der Waals surface area (Å²) in [6.07, 6.45) is 3.66. The van der Waals surface area contributed by atoms with Crippen molar-refractivity contribution in [2.24, 2.45) is 5.92 Å². The average molecular weight is 469 g/mol. The minimum absolute atomic E-state index is 0.0899. The molecule has 0 bridgehead atoms. The molecule has 1 aromatic carbocycles. The van der Waals surface area contributed by atoms with Gasteiger partial charge in [0.25, 0.3) is 0 Å². The van der Waals surface area contributed by atoms with Crippen LogP contribution in [-0.4, -0.2) is 55.7 Å². The largest absolute Gasteiger partial charge is 0.464 e. The number of para-hydroxylation sites is 1. The highest BCUT2D eigenvalue weighted by Crippen LogP contribution is 2.39. The summed E-state index contributed by atoms with van der Waals surface area (Å²) in [6, 6.07) is 11.3. The predicted molar refractivity (Wildman–Crippen MR) is 131 cm³/mol. The van der Waals surface area contributed by atoms with E-state index in [2.05, 4.69) is 15.2 Å². The van der Waals surface area contributed by atoms with E-state index >= 15 is 4.39 Å². The van der Waals surface area contributed by atoms with Crippen LogP contribution in [0.5, 0.6) is 0 Å². The molecule has 1 aliphatic heterocycles. The number of alkyl halides is 1. The minimum atomic E-state index is -1.36. The highest BCUT2D eigenvalue weighted by Gasteiger charge is 2.37. The molecule has 1 saturated heterocycles. The van der Waals surface area contributed by atoms with Gasteiger partial charge in [-0.05, 0) is 38.0 Å². The Bertz CT molecular complexity index is 1020. The lowest BCUT2D eigenvalue weighted by Crippen LogP contribution is -2.45. The SMILES string of the molecule is CCOCC1(F)CCN(c2cc(C(=O)OC)nc(Nc3ccccc3)c2C(=N)C2CCC2)CC1. The van der Waals surface area contributed by atoms with E-state index in [1.165, 1.54) is 7.11 Å². The molecule has 0 amide bonds. The number of hydrogen-bond acceptors (Lipinski definition) is 7. The molecule has 2 heterocycles. The zero-order valence-corrected chi connectivity index (χ0v) is 19.9. The van der Waals surface area contributed by atoms with Crippen LogP contribution in [0.1, 0.15) is 55.1 Å². The minimum Gasteiger partial charge on any atom is -0.464 e. The summed E-state index contributed by atoms with van der Waals surface area (Å²) < 4.78 is 25.6. The Morgan fingerprint density at radius 3 is 2.56 bits per heavy atom. The van der Waals surface area contributed by atoms with E-state index in [-0.39, 0.29) is 18.2 Å². The first-order valence-corrected chi connectivity index (χ1v) is 12.0. The summed E-state index contributed by atoms with van der Waals surface area (Å²) >= 11 is 0. The maximum atomic E-state index is 15.2. The number of halogens is 1. The normalized spacial score (nSPS) is 17.7. The third-order valence-electron chi connectivity index (χ3n) is 6.78. The van der Waals surface area contributed by atoms with Gasteiger partial charge < -0.3 is 25.1 Å². The highest BCUT2D eigenvalue weighted by molar-refractivity contribution is 6.10. The van der Waals surface area contributed by atoms with Crippen LogP contribution in [0.3, 0.4) is 0 Å². The van der Waals surface area contributed by atoms with Crippen LogP contribution < -0.4 is 10.2 Å². The number of carbonyl (C=O) groups is 1. The fraction of sp³-hybridized carbons (Fsp3) is 0.500. The fourth-order valence-corrected chi connectivity index (χ4v) is 4.48. The van der Waals surface area contributed by atoms with Crippen molar-refractivity contribution in [2.75, 3.05) is 43.6 Å². The molecular formula is C26H33FN4O3. The lowest BCUT2D eigenvalue weighted by atomic mass is 9.78. The monoisotopic (exact) mass is 468 g/mol. The number of nitrogens with one attached hydrogen (secondary N) is 2. The smallest absolute Gasteiger partial charge is 0.356 e. The van der Waals surface area contributed by atoms with Gasteiger partial charge >= 0.3 is 5.97 Å². The number of carbonyl (C=O) groups excluding carboxylic acids is 1. The molecule has 2 aromatic rings. The lowest BCUT2D eigenvalue weighted by Gasteiger charge is -2.39. The Morgan fingerprint density at radius 1 is 1.26 bits per heavy atom. The first-order valence-electron chi connectivity index (χ1n) is 12.0. The zero-order valence-electron chi connectivity index (χ0n) is 19.9. The maximum Gasteiger partial charge on any atom is 0.356 e.